The molecule has 0 spiro atoms. The van der Waals surface area contributed by atoms with E-state index >= 15 is 0 Å². The topological polar surface area (TPSA) is 43.9 Å². The van der Waals surface area contributed by atoms with Crippen LogP contribution in [0.4, 0.5) is 17.1 Å². The number of halogens is 1. The number of para-hydroxylation sites is 1. The molecule has 1 fully saturated rings. The fourth-order valence-corrected chi connectivity index (χ4v) is 4.38. The van der Waals surface area contributed by atoms with Crippen LogP contribution in [0.2, 0.25) is 5.02 Å². The highest BCUT2D eigenvalue weighted by molar-refractivity contribution is 6.30. The fourth-order valence-electron chi connectivity index (χ4n) is 4.25. The Kier molecular flexibility index (Phi) is 5.94. The Balaban J connectivity index is 1.84. The van der Waals surface area contributed by atoms with Crippen LogP contribution in [0.3, 0.4) is 0 Å². The molecule has 164 valence electrons. The van der Waals surface area contributed by atoms with E-state index in [-0.39, 0.29) is 18.4 Å². The molecule has 1 unspecified atom stereocenters. The van der Waals surface area contributed by atoms with E-state index in [0.717, 1.165) is 28.1 Å². The molecule has 3 aromatic rings. The van der Waals surface area contributed by atoms with Gasteiger partial charge in [-0.1, -0.05) is 41.9 Å². The lowest BCUT2D eigenvalue weighted by atomic mass is 9.97. The summed E-state index contributed by atoms with van der Waals surface area (Å²) in [4.78, 5) is 32.6. The molecular formula is C26H26ClN3O2. The van der Waals surface area contributed by atoms with Gasteiger partial charge in [0.25, 0.3) is 5.91 Å². The van der Waals surface area contributed by atoms with E-state index in [1.54, 1.807) is 34.1 Å². The van der Waals surface area contributed by atoms with E-state index in [1.165, 1.54) is 0 Å². The van der Waals surface area contributed by atoms with Crippen LogP contribution < -0.4 is 14.7 Å². The summed E-state index contributed by atoms with van der Waals surface area (Å²) in [7, 11) is 3.93. The number of nitrogens with zero attached hydrogens (tertiary/aromatic N) is 3. The first-order chi connectivity index (χ1) is 15.3. The van der Waals surface area contributed by atoms with Crippen LogP contribution in [0.1, 0.15) is 22.7 Å². The Labute approximate surface area is 193 Å². The first-order valence-corrected chi connectivity index (χ1v) is 10.9. The van der Waals surface area contributed by atoms with Gasteiger partial charge in [-0.2, -0.15) is 0 Å². The van der Waals surface area contributed by atoms with Gasteiger partial charge in [-0.15, -0.1) is 0 Å². The number of hydrogen-bond donors (Lipinski definition) is 0. The number of anilines is 3. The minimum atomic E-state index is -0.771. The van der Waals surface area contributed by atoms with Crippen LogP contribution in [-0.2, 0) is 9.59 Å². The van der Waals surface area contributed by atoms with Crippen molar-refractivity contribution in [3.63, 3.8) is 0 Å². The van der Waals surface area contributed by atoms with Crippen LogP contribution >= 0.6 is 11.6 Å². The molecule has 1 saturated heterocycles. The maximum absolute atomic E-state index is 13.9. The Morgan fingerprint density at radius 1 is 0.875 bits per heavy atom. The monoisotopic (exact) mass is 447 g/mol. The normalized spacial score (nSPS) is 16.5. The second-order valence-corrected chi connectivity index (χ2v) is 8.73. The average Bonchev–Trinajstić information content (AvgIpc) is 2.76. The lowest BCUT2D eigenvalue weighted by molar-refractivity contribution is -0.128. The van der Waals surface area contributed by atoms with E-state index in [2.05, 4.69) is 0 Å². The van der Waals surface area contributed by atoms with Gasteiger partial charge < -0.3 is 9.80 Å². The number of amides is 2. The summed E-state index contributed by atoms with van der Waals surface area (Å²) in [5.74, 6) is -0.272. The molecule has 32 heavy (non-hydrogen) atoms. The highest BCUT2D eigenvalue weighted by Crippen LogP contribution is 2.37. The molecule has 3 aromatic carbocycles. The summed E-state index contributed by atoms with van der Waals surface area (Å²) in [6.07, 6.45) is 0. The third-order valence-corrected chi connectivity index (χ3v) is 6.11. The first-order valence-electron chi connectivity index (χ1n) is 10.5. The molecule has 0 N–H and O–H groups in total. The molecule has 0 saturated carbocycles. The van der Waals surface area contributed by atoms with E-state index in [4.69, 9.17) is 11.6 Å². The molecular weight excluding hydrogens is 422 g/mol. The zero-order valence-electron chi connectivity index (χ0n) is 18.7. The summed E-state index contributed by atoms with van der Waals surface area (Å²) < 4.78 is 0. The number of aryl methyl sites for hydroxylation is 2. The van der Waals surface area contributed by atoms with Crippen molar-refractivity contribution in [2.75, 3.05) is 35.3 Å². The first kappa shape index (κ1) is 21.9. The molecule has 2 amide bonds. The summed E-state index contributed by atoms with van der Waals surface area (Å²) >= 11 is 6.07. The molecule has 6 heteroatoms. The molecule has 1 aliphatic rings. The van der Waals surface area contributed by atoms with Crippen molar-refractivity contribution in [2.45, 2.75) is 19.9 Å². The number of carbonyl (C=O) groups excluding carboxylic acids is 2. The molecule has 0 radical (unpaired) electrons. The largest absolute Gasteiger partial charge is 0.378 e. The third kappa shape index (κ3) is 3.96. The maximum atomic E-state index is 13.9. The van der Waals surface area contributed by atoms with Crippen molar-refractivity contribution in [1.82, 2.24) is 0 Å². The lowest BCUT2D eigenvalue weighted by Gasteiger charge is -2.41. The predicted octanol–water partition coefficient (Wildman–Crippen LogP) is 5.14. The highest BCUT2D eigenvalue weighted by Gasteiger charge is 2.42. The molecule has 0 aromatic heterocycles. The second-order valence-electron chi connectivity index (χ2n) is 8.29. The Morgan fingerprint density at radius 3 is 2.03 bits per heavy atom. The van der Waals surface area contributed by atoms with E-state index in [1.807, 2.05) is 75.3 Å². The SMILES string of the molecule is Cc1cccc(C)c1N1CC(=O)N(c2ccc(Cl)cc2)C(c2ccc(N(C)C)cc2)C1=O. The molecule has 0 aliphatic carbocycles. The quantitative estimate of drug-likeness (QED) is 0.556. The Morgan fingerprint density at radius 2 is 1.47 bits per heavy atom. The second kappa shape index (κ2) is 8.67. The van der Waals surface area contributed by atoms with Crippen molar-refractivity contribution in [2.24, 2.45) is 0 Å². The van der Waals surface area contributed by atoms with Crippen molar-refractivity contribution >= 4 is 40.5 Å². The van der Waals surface area contributed by atoms with Gasteiger partial charge in [0.1, 0.15) is 12.6 Å². The van der Waals surface area contributed by atoms with Crippen LogP contribution in [0, 0.1) is 13.8 Å². The number of carbonyl (C=O) groups is 2. The standard InChI is InChI=1S/C26H26ClN3O2/c1-17-6-5-7-18(2)24(17)29-16-23(31)30(22-14-10-20(27)11-15-22)25(26(29)32)19-8-12-21(13-9-19)28(3)4/h5-15,25H,16H2,1-4H3. The number of benzene rings is 3. The van der Waals surface area contributed by atoms with Gasteiger partial charge in [0.05, 0.1) is 5.69 Å². The van der Waals surface area contributed by atoms with Crippen molar-refractivity contribution in [3.8, 4) is 0 Å². The summed E-state index contributed by atoms with van der Waals surface area (Å²) in [6, 6.07) is 19.9. The van der Waals surface area contributed by atoms with E-state index in [9.17, 15) is 9.59 Å². The van der Waals surface area contributed by atoms with Gasteiger partial charge in [0, 0.05) is 30.5 Å². The number of piperazine rings is 1. The summed E-state index contributed by atoms with van der Waals surface area (Å²) in [5.41, 5.74) is 5.17. The fraction of sp³-hybridized carbons (Fsp3) is 0.231. The molecule has 5 nitrogen and oxygen atoms in total. The smallest absolute Gasteiger partial charge is 0.255 e. The highest BCUT2D eigenvalue weighted by atomic mass is 35.5. The average molecular weight is 448 g/mol. The molecule has 4 rings (SSSR count). The molecule has 1 atom stereocenters. The van der Waals surface area contributed by atoms with Gasteiger partial charge in [-0.25, -0.2) is 0 Å². The summed E-state index contributed by atoms with van der Waals surface area (Å²) in [5, 5.41) is 0.577. The molecule has 1 aliphatic heterocycles. The minimum Gasteiger partial charge on any atom is -0.378 e. The number of rotatable bonds is 4. The maximum Gasteiger partial charge on any atom is 0.255 e. The van der Waals surface area contributed by atoms with Gasteiger partial charge >= 0.3 is 0 Å². The van der Waals surface area contributed by atoms with Crippen molar-refractivity contribution in [3.05, 3.63) is 88.4 Å². The van der Waals surface area contributed by atoms with Crippen LogP contribution in [0.25, 0.3) is 0 Å². The zero-order valence-corrected chi connectivity index (χ0v) is 19.4. The number of hydrogen-bond acceptors (Lipinski definition) is 3. The lowest BCUT2D eigenvalue weighted by Crippen LogP contribution is -2.56. The zero-order chi connectivity index (χ0) is 23.0. The van der Waals surface area contributed by atoms with Crippen molar-refractivity contribution in [1.29, 1.82) is 0 Å². The van der Waals surface area contributed by atoms with Crippen molar-refractivity contribution < 1.29 is 9.59 Å². The predicted molar refractivity (Wildman–Crippen MR) is 131 cm³/mol. The van der Waals surface area contributed by atoms with Gasteiger partial charge in [-0.3, -0.25) is 14.5 Å². The van der Waals surface area contributed by atoms with Crippen LogP contribution in [0.15, 0.2) is 66.7 Å². The van der Waals surface area contributed by atoms with Gasteiger partial charge in [0.15, 0.2) is 0 Å². The third-order valence-electron chi connectivity index (χ3n) is 5.86. The van der Waals surface area contributed by atoms with E-state index in [0.29, 0.717) is 10.7 Å². The van der Waals surface area contributed by atoms with Crippen LogP contribution in [0.5, 0.6) is 0 Å². The van der Waals surface area contributed by atoms with Gasteiger partial charge in [0.2, 0.25) is 5.91 Å². The Bertz CT molecular complexity index is 1140. The van der Waals surface area contributed by atoms with E-state index < -0.39 is 6.04 Å². The van der Waals surface area contributed by atoms with Gasteiger partial charge in [-0.05, 0) is 66.9 Å². The molecule has 0 bridgehead atoms. The molecule has 1 heterocycles. The summed E-state index contributed by atoms with van der Waals surface area (Å²) in [6.45, 7) is 3.92. The van der Waals surface area contributed by atoms with Crippen LogP contribution in [-0.4, -0.2) is 32.5 Å². The Hall–Kier alpha value is -3.31. The minimum absolute atomic E-state index is 0.0144.